The first-order valence-electron chi connectivity index (χ1n) is 8.70. The van der Waals surface area contributed by atoms with Crippen molar-refractivity contribution in [2.24, 2.45) is 0 Å². The molecule has 1 fully saturated rings. The van der Waals surface area contributed by atoms with Gasteiger partial charge in [0.05, 0.1) is 17.0 Å². The van der Waals surface area contributed by atoms with Crippen LogP contribution in [0, 0.1) is 5.82 Å². The fraction of sp³-hybridized carbons (Fsp3) is 0.368. The van der Waals surface area contributed by atoms with Crippen LogP contribution in [0.2, 0.25) is 5.02 Å². The Labute approximate surface area is 164 Å². The fourth-order valence-electron chi connectivity index (χ4n) is 3.06. The van der Waals surface area contributed by atoms with Crippen LogP contribution < -0.4 is 4.74 Å². The first-order valence-corrected chi connectivity index (χ1v) is 10.5. The van der Waals surface area contributed by atoms with Crippen LogP contribution in [0.1, 0.15) is 5.56 Å². The second-order valence-corrected chi connectivity index (χ2v) is 8.76. The first kappa shape index (κ1) is 20.1. The molecule has 3 rings (SSSR count). The van der Waals surface area contributed by atoms with E-state index in [-0.39, 0.29) is 9.92 Å². The number of methoxy groups -OCH3 is 1. The lowest BCUT2D eigenvalue weighted by Gasteiger charge is -2.34. The van der Waals surface area contributed by atoms with E-state index < -0.39 is 15.8 Å². The van der Waals surface area contributed by atoms with Crippen molar-refractivity contribution in [3.05, 3.63) is 58.9 Å². The third kappa shape index (κ3) is 4.79. The third-order valence-corrected chi connectivity index (χ3v) is 6.92. The molecule has 0 N–H and O–H groups in total. The summed E-state index contributed by atoms with van der Waals surface area (Å²) in [5, 5.41) is -0.186. The summed E-state index contributed by atoms with van der Waals surface area (Å²) in [6.45, 7) is 2.98. The van der Waals surface area contributed by atoms with Crippen molar-refractivity contribution in [1.29, 1.82) is 0 Å². The predicted octanol–water partition coefficient (Wildman–Crippen LogP) is 3.04. The molecule has 27 heavy (non-hydrogen) atoms. The minimum Gasteiger partial charge on any atom is -0.497 e. The SMILES string of the molecule is COc1ccc(CCN2CCN(S(=O)(=O)c3ccc(F)c(Cl)c3)CC2)cc1. The molecule has 0 atom stereocenters. The number of nitrogens with zero attached hydrogens (tertiary/aromatic N) is 2. The van der Waals surface area contributed by atoms with Crippen LogP contribution in [0.5, 0.6) is 5.75 Å². The van der Waals surface area contributed by atoms with Crippen LogP contribution in [0.25, 0.3) is 0 Å². The monoisotopic (exact) mass is 412 g/mol. The number of halogens is 2. The van der Waals surface area contributed by atoms with E-state index in [1.165, 1.54) is 22.0 Å². The fourth-order valence-corrected chi connectivity index (χ4v) is 4.75. The van der Waals surface area contributed by atoms with E-state index in [9.17, 15) is 12.8 Å². The molecule has 0 bridgehead atoms. The highest BCUT2D eigenvalue weighted by atomic mass is 35.5. The second kappa shape index (κ2) is 8.56. The highest BCUT2D eigenvalue weighted by Crippen LogP contribution is 2.23. The summed E-state index contributed by atoms with van der Waals surface area (Å²) in [4.78, 5) is 2.27. The quantitative estimate of drug-likeness (QED) is 0.731. The Balaban J connectivity index is 1.55. The van der Waals surface area contributed by atoms with Crippen LogP contribution in [-0.4, -0.2) is 57.5 Å². The Hall–Kier alpha value is -1.67. The molecule has 1 heterocycles. The van der Waals surface area contributed by atoms with Gasteiger partial charge in [0.15, 0.2) is 0 Å². The molecule has 0 spiro atoms. The molecular formula is C19H22ClFN2O3S. The van der Waals surface area contributed by atoms with Gasteiger partial charge in [-0.05, 0) is 42.3 Å². The molecule has 0 saturated carbocycles. The van der Waals surface area contributed by atoms with Crippen LogP contribution in [0.3, 0.4) is 0 Å². The average molecular weight is 413 g/mol. The van der Waals surface area contributed by atoms with Crippen molar-refractivity contribution < 1.29 is 17.5 Å². The van der Waals surface area contributed by atoms with E-state index >= 15 is 0 Å². The topological polar surface area (TPSA) is 49.9 Å². The molecular weight excluding hydrogens is 391 g/mol. The summed E-state index contributed by atoms with van der Waals surface area (Å²) in [6, 6.07) is 11.5. The lowest BCUT2D eigenvalue weighted by molar-refractivity contribution is 0.190. The van der Waals surface area contributed by atoms with Crippen molar-refractivity contribution in [3.8, 4) is 5.75 Å². The van der Waals surface area contributed by atoms with Gasteiger partial charge in [-0.3, -0.25) is 0 Å². The first-order chi connectivity index (χ1) is 12.9. The molecule has 1 saturated heterocycles. The zero-order chi connectivity index (χ0) is 19.4. The van der Waals surface area contributed by atoms with E-state index in [0.29, 0.717) is 26.2 Å². The van der Waals surface area contributed by atoms with Crippen LogP contribution in [-0.2, 0) is 16.4 Å². The van der Waals surface area contributed by atoms with E-state index in [4.69, 9.17) is 16.3 Å². The van der Waals surface area contributed by atoms with Gasteiger partial charge in [-0.2, -0.15) is 4.31 Å². The standard InChI is InChI=1S/C19H22ClFN2O3S/c1-26-16-4-2-15(3-5-16)8-9-22-10-12-23(13-11-22)27(24,25)17-6-7-19(21)18(20)14-17/h2-7,14H,8-13H2,1H3. The second-order valence-electron chi connectivity index (χ2n) is 6.42. The van der Waals surface area contributed by atoms with Gasteiger partial charge in [0.1, 0.15) is 11.6 Å². The van der Waals surface area contributed by atoms with Gasteiger partial charge < -0.3 is 9.64 Å². The number of benzene rings is 2. The van der Waals surface area contributed by atoms with Gasteiger partial charge in [-0.15, -0.1) is 0 Å². The van der Waals surface area contributed by atoms with E-state index in [1.807, 2.05) is 24.3 Å². The van der Waals surface area contributed by atoms with Crippen LogP contribution >= 0.6 is 11.6 Å². The van der Waals surface area contributed by atoms with E-state index in [0.717, 1.165) is 24.8 Å². The summed E-state index contributed by atoms with van der Waals surface area (Å²) in [7, 11) is -2.02. The van der Waals surface area contributed by atoms with Crippen molar-refractivity contribution >= 4 is 21.6 Å². The van der Waals surface area contributed by atoms with Gasteiger partial charge in [-0.1, -0.05) is 23.7 Å². The minimum atomic E-state index is -3.66. The molecule has 2 aromatic carbocycles. The van der Waals surface area contributed by atoms with Crippen molar-refractivity contribution in [3.63, 3.8) is 0 Å². The van der Waals surface area contributed by atoms with Gasteiger partial charge in [0, 0.05) is 32.7 Å². The van der Waals surface area contributed by atoms with E-state index in [1.54, 1.807) is 7.11 Å². The van der Waals surface area contributed by atoms with Crippen molar-refractivity contribution in [2.75, 3.05) is 39.8 Å². The maximum atomic E-state index is 13.3. The number of piperazine rings is 1. The molecule has 2 aromatic rings. The van der Waals surface area contributed by atoms with Crippen LogP contribution in [0.4, 0.5) is 4.39 Å². The number of rotatable bonds is 6. The maximum Gasteiger partial charge on any atom is 0.243 e. The summed E-state index contributed by atoms with van der Waals surface area (Å²) in [6.07, 6.45) is 0.893. The number of hydrogen-bond acceptors (Lipinski definition) is 4. The van der Waals surface area contributed by atoms with Crippen LogP contribution in [0.15, 0.2) is 47.4 Å². The average Bonchev–Trinajstić information content (AvgIpc) is 2.69. The molecule has 0 amide bonds. The zero-order valence-electron chi connectivity index (χ0n) is 15.1. The predicted molar refractivity (Wildman–Crippen MR) is 103 cm³/mol. The smallest absolute Gasteiger partial charge is 0.243 e. The van der Waals surface area contributed by atoms with Gasteiger partial charge in [0.2, 0.25) is 10.0 Å². The van der Waals surface area contributed by atoms with Gasteiger partial charge in [-0.25, -0.2) is 12.8 Å². The molecule has 0 aromatic heterocycles. The molecule has 0 unspecified atom stereocenters. The van der Waals surface area contributed by atoms with Crippen molar-refractivity contribution in [2.45, 2.75) is 11.3 Å². The Morgan fingerprint density at radius 3 is 2.33 bits per heavy atom. The molecule has 1 aliphatic rings. The summed E-state index contributed by atoms with van der Waals surface area (Å²) < 4.78 is 45.3. The summed E-state index contributed by atoms with van der Waals surface area (Å²) in [5.74, 6) is 0.206. The maximum absolute atomic E-state index is 13.3. The molecule has 0 aliphatic carbocycles. The zero-order valence-corrected chi connectivity index (χ0v) is 16.6. The summed E-state index contributed by atoms with van der Waals surface area (Å²) >= 11 is 5.73. The Morgan fingerprint density at radius 1 is 1.07 bits per heavy atom. The summed E-state index contributed by atoms with van der Waals surface area (Å²) in [5.41, 5.74) is 1.21. The Kier molecular flexibility index (Phi) is 6.37. The van der Waals surface area contributed by atoms with Crippen molar-refractivity contribution in [1.82, 2.24) is 9.21 Å². The molecule has 8 heteroatoms. The number of ether oxygens (including phenoxy) is 1. The molecule has 146 valence electrons. The number of sulfonamides is 1. The minimum absolute atomic E-state index is 0.0283. The number of hydrogen-bond donors (Lipinski definition) is 0. The normalized spacial score (nSPS) is 16.4. The lowest BCUT2D eigenvalue weighted by Crippen LogP contribution is -2.49. The molecule has 0 radical (unpaired) electrons. The lowest BCUT2D eigenvalue weighted by atomic mass is 10.1. The Bertz CT molecular complexity index is 882. The largest absolute Gasteiger partial charge is 0.497 e. The van der Waals surface area contributed by atoms with Gasteiger partial charge >= 0.3 is 0 Å². The van der Waals surface area contributed by atoms with Gasteiger partial charge in [0.25, 0.3) is 0 Å². The highest BCUT2D eigenvalue weighted by molar-refractivity contribution is 7.89. The molecule has 5 nitrogen and oxygen atoms in total. The van der Waals surface area contributed by atoms with E-state index in [2.05, 4.69) is 4.90 Å². The third-order valence-electron chi connectivity index (χ3n) is 4.74. The highest BCUT2D eigenvalue weighted by Gasteiger charge is 2.28. The Morgan fingerprint density at radius 2 is 1.74 bits per heavy atom. The molecule has 1 aliphatic heterocycles.